The molecule has 1 N–H and O–H groups in total. The van der Waals surface area contributed by atoms with Gasteiger partial charge >= 0.3 is 0 Å². The number of nitrogens with one attached hydrogen (secondary N) is 1. The van der Waals surface area contributed by atoms with Crippen molar-refractivity contribution in [2.45, 2.75) is 43.9 Å². The lowest BCUT2D eigenvalue weighted by atomic mass is 10.0. The van der Waals surface area contributed by atoms with E-state index in [4.69, 9.17) is 17.0 Å². The molecule has 3 heterocycles. The van der Waals surface area contributed by atoms with Crippen LogP contribution >= 0.6 is 12.2 Å². The summed E-state index contributed by atoms with van der Waals surface area (Å²) in [5, 5.41) is 4.14. The lowest BCUT2D eigenvalue weighted by Gasteiger charge is -2.29. The van der Waals surface area contributed by atoms with Crippen LogP contribution in [0, 0.1) is 5.82 Å². The number of thiocarbonyl (C=S) groups is 1. The molecule has 182 valence electrons. The van der Waals surface area contributed by atoms with Gasteiger partial charge in [0.15, 0.2) is 5.11 Å². The van der Waals surface area contributed by atoms with Crippen LogP contribution in [-0.4, -0.2) is 20.8 Å². The van der Waals surface area contributed by atoms with E-state index in [0.717, 1.165) is 41.4 Å². The quantitative estimate of drug-likeness (QED) is 0.307. The molecule has 36 heavy (non-hydrogen) atoms. The van der Waals surface area contributed by atoms with Gasteiger partial charge in [0, 0.05) is 29.5 Å². The van der Waals surface area contributed by atoms with Crippen molar-refractivity contribution < 1.29 is 9.13 Å². The van der Waals surface area contributed by atoms with E-state index in [1.165, 1.54) is 25.0 Å². The molecule has 5 nitrogen and oxygen atoms in total. The summed E-state index contributed by atoms with van der Waals surface area (Å²) in [4.78, 5) is 6.78. The second-order valence-corrected chi connectivity index (χ2v) is 9.68. The fourth-order valence-corrected chi connectivity index (χ4v) is 5.64. The SMILES string of the molecule is Fc1ccc(-n2cccc2[C@H]2[C@@H](c3ccccn3)NC(=S)N2c2ccc(OC3CCCC3)cc2)cc1. The molecule has 7 heteroatoms. The number of ether oxygens (including phenoxy) is 1. The zero-order chi connectivity index (χ0) is 24.5. The molecule has 0 radical (unpaired) electrons. The highest BCUT2D eigenvalue weighted by atomic mass is 32.1. The lowest BCUT2D eigenvalue weighted by Crippen LogP contribution is -2.30. The summed E-state index contributed by atoms with van der Waals surface area (Å²) in [5.74, 6) is 0.625. The van der Waals surface area contributed by atoms with Crippen molar-refractivity contribution in [3.8, 4) is 11.4 Å². The van der Waals surface area contributed by atoms with Crippen molar-refractivity contribution in [3.05, 3.63) is 108 Å². The predicted molar refractivity (Wildman–Crippen MR) is 143 cm³/mol. The Balaban J connectivity index is 1.39. The van der Waals surface area contributed by atoms with Gasteiger partial charge in [-0.15, -0.1) is 0 Å². The Morgan fingerprint density at radius 1 is 0.889 bits per heavy atom. The van der Waals surface area contributed by atoms with Crippen LogP contribution in [0.15, 0.2) is 91.3 Å². The van der Waals surface area contributed by atoms with E-state index in [1.54, 1.807) is 18.3 Å². The minimum Gasteiger partial charge on any atom is -0.490 e. The third-order valence-corrected chi connectivity index (χ3v) is 7.32. The number of anilines is 1. The summed E-state index contributed by atoms with van der Waals surface area (Å²) in [5.41, 5.74) is 3.78. The number of hydrogen-bond acceptors (Lipinski definition) is 3. The smallest absolute Gasteiger partial charge is 0.174 e. The number of rotatable bonds is 6. The number of benzene rings is 2. The minimum atomic E-state index is -0.260. The topological polar surface area (TPSA) is 42.3 Å². The number of hydrogen-bond donors (Lipinski definition) is 1. The molecule has 2 aromatic carbocycles. The minimum absolute atomic E-state index is 0.165. The van der Waals surface area contributed by atoms with E-state index >= 15 is 0 Å². The van der Waals surface area contributed by atoms with Gasteiger partial charge in [0.1, 0.15) is 17.6 Å². The highest BCUT2D eigenvalue weighted by molar-refractivity contribution is 7.80. The van der Waals surface area contributed by atoms with Crippen molar-refractivity contribution in [3.63, 3.8) is 0 Å². The second-order valence-electron chi connectivity index (χ2n) is 9.29. The Hall–Kier alpha value is -3.71. The molecular weight excluding hydrogens is 471 g/mol. The second kappa shape index (κ2) is 9.74. The molecule has 1 aliphatic carbocycles. The van der Waals surface area contributed by atoms with Crippen LogP contribution in [0.2, 0.25) is 0 Å². The van der Waals surface area contributed by atoms with Gasteiger partial charge in [0.05, 0.1) is 17.8 Å². The summed E-state index contributed by atoms with van der Waals surface area (Å²) >= 11 is 5.87. The van der Waals surface area contributed by atoms with Crippen LogP contribution in [0.25, 0.3) is 5.69 Å². The molecule has 0 spiro atoms. The van der Waals surface area contributed by atoms with E-state index in [0.29, 0.717) is 11.2 Å². The van der Waals surface area contributed by atoms with Gasteiger partial charge in [0.2, 0.25) is 0 Å². The normalized spacial score (nSPS) is 20.0. The highest BCUT2D eigenvalue weighted by Crippen LogP contribution is 2.42. The first-order chi connectivity index (χ1) is 17.7. The predicted octanol–water partition coefficient (Wildman–Crippen LogP) is 6.51. The van der Waals surface area contributed by atoms with E-state index in [-0.39, 0.29) is 17.9 Å². The number of pyridine rings is 1. The van der Waals surface area contributed by atoms with Crippen LogP contribution in [0.5, 0.6) is 5.75 Å². The van der Waals surface area contributed by atoms with Crippen molar-refractivity contribution in [2.24, 2.45) is 0 Å². The maximum absolute atomic E-state index is 13.6. The maximum atomic E-state index is 13.6. The molecule has 0 bridgehead atoms. The molecule has 1 aliphatic heterocycles. The van der Waals surface area contributed by atoms with E-state index < -0.39 is 0 Å². The van der Waals surface area contributed by atoms with Crippen LogP contribution < -0.4 is 15.0 Å². The fraction of sp³-hybridized carbons (Fsp3) is 0.241. The molecule has 2 atom stereocenters. The molecule has 6 rings (SSSR count). The summed E-state index contributed by atoms with van der Waals surface area (Å²) < 4.78 is 21.9. The molecule has 1 saturated heterocycles. The Labute approximate surface area is 215 Å². The van der Waals surface area contributed by atoms with Crippen molar-refractivity contribution in [2.75, 3.05) is 4.90 Å². The molecule has 0 unspecified atom stereocenters. The van der Waals surface area contributed by atoms with Gasteiger partial charge in [0.25, 0.3) is 0 Å². The van der Waals surface area contributed by atoms with Crippen LogP contribution in [-0.2, 0) is 0 Å². The molecular formula is C29H27FN4OS. The third kappa shape index (κ3) is 4.35. The summed E-state index contributed by atoms with van der Waals surface area (Å²) in [7, 11) is 0. The molecule has 1 saturated carbocycles. The monoisotopic (exact) mass is 498 g/mol. The van der Waals surface area contributed by atoms with Crippen molar-refractivity contribution >= 4 is 23.0 Å². The van der Waals surface area contributed by atoms with Crippen LogP contribution in [0.4, 0.5) is 10.1 Å². The Bertz CT molecular complexity index is 1330. The van der Waals surface area contributed by atoms with Gasteiger partial charge in [-0.1, -0.05) is 6.07 Å². The average Bonchev–Trinajstić information content (AvgIpc) is 3.66. The Kier molecular flexibility index (Phi) is 6.15. The van der Waals surface area contributed by atoms with Gasteiger partial charge in [-0.25, -0.2) is 4.39 Å². The Morgan fingerprint density at radius 2 is 1.64 bits per heavy atom. The summed E-state index contributed by atoms with van der Waals surface area (Å²) in [6, 6.07) is 24.4. The standard InChI is InChI=1S/C29H27FN4OS/c30-20-10-12-21(13-11-20)33-19-5-9-26(33)28-27(25-8-3-4-18-31-25)32-29(36)34(28)22-14-16-24(17-15-22)35-23-6-1-2-7-23/h3-5,8-19,23,27-28H,1-2,6-7H2,(H,32,36)/t27-,28+/m1/s1. The zero-order valence-electron chi connectivity index (χ0n) is 19.8. The van der Waals surface area contributed by atoms with Gasteiger partial charge < -0.3 is 19.5 Å². The molecule has 2 aliphatic rings. The fourth-order valence-electron chi connectivity index (χ4n) is 5.29. The lowest BCUT2D eigenvalue weighted by molar-refractivity contribution is 0.210. The largest absolute Gasteiger partial charge is 0.490 e. The number of aromatic nitrogens is 2. The van der Waals surface area contributed by atoms with Crippen LogP contribution in [0.1, 0.15) is 49.2 Å². The first-order valence-electron chi connectivity index (χ1n) is 12.4. The van der Waals surface area contributed by atoms with E-state index in [9.17, 15) is 4.39 Å². The molecule has 2 fully saturated rings. The van der Waals surface area contributed by atoms with Gasteiger partial charge in [-0.3, -0.25) is 4.98 Å². The molecule has 2 aromatic heterocycles. The van der Waals surface area contributed by atoms with Gasteiger partial charge in [-0.2, -0.15) is 0 Å². The Morgan fingerprint density at radius 3 is 2.36 bits per heavy atom. The number of halogens is 1. The first-order valence-corrected chi connectivity index (χ1v) is 12.8. The highest BCUT2D eigenvalue weighted by Gasteiger charge is 2.42. The molecule has 0 amide bonds. The average molecular weight is 499 g/mol. The maximum Gasteiger partial charge on any atom is 0.174 e. The van der Waals surface area contributed by atoms with E-state index in [1.807, 2.05) is 42.6 Å². The van der Waals surface area contributed by atoms with E-state index in [2.05, 4.69) is 38.0 Å². The first kappa shape index (κ1) is 22.7. The van der Waals surface area contributed by atoms with Crippen LogP contribution in [0.3, 0.4) is 0 Å². The summed E-state index contributed by atoms with van der Waals surface area (Å²) in [6.45, 7) is 0. The van der Waals surface area contributed by atoms with Crippen molar-refractivity contribution in [1.29, 1.82) is 0 Å². The van der Waals surface area contributed by atoms with Crippen molar-refractivity contribution in [1.82, 2.24) is 14.9 Å². The third-order valence-electron chi connectivity index (χ3n) is 7.01. The number of nitrogens with zero attached hydrogens (tertiary/aromatic N) is 3. The summed E-state index contributed by atoms with van der Waals surface area (Å²) in [6.07, 6.45) is 8.82. The van der Waals surface area contributed by atoms with Gasteiger partial charge in [-0.05, 0) is 111 Å². The zero-order valence-corrected chi connectivity index (χ0v) is 20.6. The molecule has 4 aromatic rings.